The van der Waals surface area contributed by atoms with Crippen LogP contribution in [-0.4, -0.2) is 36.5 Å². The van der Waals surface area contributed by atoms with Crippen molar-refractivity contribution in [2.24, 2.45) is 0 Å². The summed E-state index contributed by atoms with van der Waals surface area (Å²) in [6.07, 6.45) is 6.62. The quantitative estimate of drug-likeness (QED) is 0.625. The van der Waals surface area contributed by atoms with E-state index in [9.17, 15) is 8.42 Å². The Kier molecular flexibility index (Phi) is 4.39. The van der Waals surface area contributed by atoms with Gasteiger partial charge in [0.1, 0.15) is 10.6 Å². The number of fused-ring (bicyclic) bond motifs is 4. The molecule has 8 nitrogen and oxygen atoms in total. The van der Waals surface area contributed by atoms with Gasteiger partial charge in [0.15, 0.2) is 5.82 Å². The van der Waals surface area contributed by atoms with E-state index >= 15 is 0 Å². The molecule has 0 radical (unpaired) electrons. The van der Waals surface area contributed by atoms with Crippen molar-refractivity contribution < 1.29 is 8.42 Å². The monoisotopic (exact) mass is 420 g/mol. The van der Waals surface area contributed by atoms with Crippen molar-refractivity contribution in [2.45, 2.75) is 17.7 Å². The minimum Gasteiger partial charge on any atom is -0.385 e. The van der Waals surface area contributed by atoms with E-state index in [4.69, 9.17) is 0 Å². The minimum atomic E-state index is -3.82. The van der Waals surface area contributed by atoms with Gasteiger partial charge in [-0.15, -0.1) is 6.58 Å². The summed E-state index contributed by atoms with van der Waals surface area (Å²) in [4.78, 5) is 13.1. The molecule has 2 aliphatic heterocycles. The zero-order valence-corrected chi connectivity index (χ0v) is 17.0. The van der Waals surface area contributed by atoms with Gasteiger partial charge in [0.05, 0.1) is 12.7 Å². The van der Waals surface area contributed by atoms with E-state index in [1.54, 1.807) is 12.3 Å². The summed E-state index contributed by atoms with van der Waals surface area (Å²) in [6.45, 7) is 4.73. The number of aromatic nitrogens is 3. The van der Waals surface area contributed by atoms with Gasteiger partial charge >= 0.3 is 0 Å². The predicted molar refractivity (Wildman–Crippen MR) is 117 cm³/mol. The van der Waals surface area contributed by atoms with Crippen molar-refractivity contribution >= 4 is 33.2 Å². The maximum absolute atomic E-state index is 13.1. The maximum Gasteiger partial charge on any atom is 0.269 e. The van der Waals surface area contributed by atoms with Gasteiger partial charge in [-0.2, -0.15) is 0 Å². The van der Waals surface area contributed by atoms with Gasteiger partial charge in [-0.25, -0.2) is 27.7 Å². The highest BCUT2D eigenvalue weighted by atomic mass is 32.2. The number of pyridine rings is 1. The number of sulfonamides is 1. The first-order valence-electron chi connectivity index (χ1n) is 9.68. The minimum absolute atomic E-state index is 0.0579. The molecule has 4 heterocycles. The summed E-state index contributed by atoms with van der Waals surface area (Å²) in [5.74, 6) is 0.666. The Morgan fingerprint density at radius 3 is 3.03 bits per heavy atom. The topological polar surface area (TPSA) is 100 Å². The molecular weight excluding hydrogens is 400 g/mol. The Balaban J connectivity index is 1.56. The third-order valence-corrected chi connectivity index (χ3v) is 6.96. The first-order valence-corrected chi connectivity index (χ1v) is 11.1. The van der Waals surface area contributed by atoms with Crippen LogP contribution in [0.4, 0.5) is 23.1 Å². The smallest absolute Gasteiger partial charge is 0.269 e. The highest BCUT2D eigenvalue weighted by molar-refractivity contribution is 7.93. The maximum atomic E-state index is 13.1. The van der Waals surface area contributed by atoms with E-state index in [2.05, 4.69) is 38.2 Å². The number of hydrogen-bond acceptors (Lipinski definition) is 7. The van der Waals surface area contributed by atoms with Gasteiger partial charge < -0.3 is 10.6 Å². The fourth-order valence-electron chi connectivity index (χ4n) is 3.80. The summed E-state index contributed by atoms with van der Waals surface area (Å²) in [5.41, 5.74) is 4.20. The van der Waals surface area contributed by atoms with Crippen LogP contribution in [0.1, 0.15) is 12.0 Å². The number of aryl methyl sites for hydroxylation is 1. The lowest BCUT2D eigenvalue weighted by atomic mass is 10.0. The molecule has 0 saturated carbocycles. The van der Waals surface area contributed by atoms with Crippen LogP contribution in [0, 0.1) is 0 Å². The normalized spacial score (nSPS) is 15.9. The van der Waals surface area contributed by atoms with Crippen LogP contribution in [0.5, 0.6) is 0 Å². The molecule has 2 aromatic heterocycles. The van der Waals surface area contributed by atoms with Crippen LogP contribution in [0.25, 0.3) is 11.3 Å². The third kappa shape index (κ3) is 2.98. The molecule has 5 rings (SSSR count). The summed E-state index contributed by atoms with van der Waals surface area (Å²) in [5, 5.41) is 6.59. The molecule has 2 aliphatic rings. The van der Waals surface area contributed by atoms with Crippen LogP contribution in [0.3, 0.4) is 0 Å². The SMILES string of the molecule is C=CCN1c2ncccc2-c2nc(Nc3ccc4c(c3)NCCC4)ncc2S1(=O)=O. The fourth-order valence-corrected chi connectivity index (χ4v) is 5.29. The van der Waals surface area contributed by atoms with Crippen LogP contribution in [0.15, 0.2) is 60.3 Å². The van der Waals surface area contributed by atoms with Gasteiger partial charge in [0.25, 0.3) is 10.0 Å². The molecule has 0 bridgehead atoms. The van der Waals surface area contributed by atoms with Crippen LogP contribution in [0.2, 0.25) is 0 Å². The molecule has 152 valence electrons. The summed E-state index contributed by atoms with van der Waals surface area (Å²) in [6, 6.07) is 9.66. The zero-order valence-electron chi connectivity index (χ0n) is 16.2. The van der Waals surface area contributed by atoms with Gasteiger partial charge in [0.2, 0.25) is 5.95 Å². The van der Waals surface area contributed by atoms with E-state index in [-0.39, 0.29) is 11.4 Å². The van der Waals surface area contributed by atoms with Gasteiger partial charge in [-0.1, -0.05) is 12.1 Å². The second-order valence-corrected chi connectivity index (χ2v) is 8.96. The molecule has 9 heteroatoms. The van der Waals surface area contributed by atoms with Crippen molar-refractivity contribution in [3.05, 3.63) is 60.9 Å². The molecule has 0 fully saturated rings. The molecule has 2 N–H and O–H groups in total. The van der Waals surface area contributed by atoms with Crippen molar-refractivity contribution in [3.8, 4) is 11.3 Å². The molecule has 3 aromatic rings. The number of hydrogen-bond donors (Lipinski definition) is 2. The summed E-state index contributed by atoms with van der Waals surface area (Å²) in [7, 11) is -3.82. The summed E-state index contributed by atoms with van der Waals surface area (Å²) >= 11 is 0. The van der Waals surface area contributed by atoms with Gasteiger partial charge in [0, 0.05) is 29.7 Å². The average Bonchev–Trinajstić information content (AvgIpc) is 2.76. The molecule has 0 atom stereocenters. The molecule has 30 heavy (non-hydrogen) atoms. The predicted octanol–water partition coefficient (Wildman–Crippen LogP) is 3.34. The van der Waals surface area contributed by atoms with Crippen LogP contribution in [-0.2, 0) is 16.4 Å². The van der Waals surface area contributed by atoms with Crippen molar-refractivity contribution in [1.29, 1.82) is 0 Å². The van der Waals surface area contributed by atoms with Gasteiger partial charge in [-0.3, -0.25) is 0 Å². The second kappa shape index (κ2) is 7.10. The Bertz CT molecular complexity index is 1260. The molecule has 1 aromatic carbocycles. The van der Waals surface area contributed by atoms with Crippen LogP contribution < -0.4 is 14.9 Å². The van der Waals surface area contributed by atoms with E-state index in [0.717, 1.165) is 30.8 Å². The Morgan fingerprint density at radius 1 is 1.27 bits per heavy atom. The van der Waals surface area contributed by atoms with Crippen molar-refractivity contribution in [3.63, 3.8) is 0 Å². The molecule has 0 amide bonds. The molecule has 0 saturated heterocycles. The number of rotatable bonds is 4. The first-order chi connectivity index (χ1) is 14.6. The van der Waals surface area contributed by atoms with Crippen molar-refractivity contribution in [1.82, 2.24) is 15.0 Å². The van der Waals surface area contributed by atoms with E-state index in [0.29, 0.717) is 23.0 Å². The lowest BCUT2D eigenvalue weighted by Crippen LogP contribution is -2.35. The average molecular weight is 420 g/mol. The lowest BCUT2D eigenvalue weighted by Gasteiger charge is -2.29. The highest BCUT2D eigenvalue weighted by Crippen LogP contribution is 2.40. The van der Waals surface area contributed by atoms with Crippen LogP contribution >= 0.6 is 0 Å². The van der Waals surface area contributed by atoms with Gasteiger partial charge in [-0.05, 0) is 42.7 Å². The molecule has 0 aliphatic carbocycles. The molecule has 0 spiro atoms. The molecule has 0 unspecified atom stereocenters. The Morgan fingerprint density at radius 2 is 2.17 bits per heavy atom. The number of benzene rings is 1. The summed E-state index contributed by atoms with van der Waals surface area (Å²) < 4.78 is 27.5. The largest absolute Gasteiger partial charge is 0.385 e. The fraction of sp³-hybridized carbons (Fsp3) is 0.190. The Labute approximate surface area is 174 Å². The Hall–Kier alpha value is -3.46. The highest BCUT2D eigenvalue weighted by Gasteiger charge is 2.36. The van der Waals surface area contributed by atoms with E-state index < -0.39 is 10.0 Å². The van der Waals surface area contributed by atoms with E-state index in [1.807, 2.05) is 18.2 Å². The number of nitrogens with zero attached hydrogens (tertiary/aromatic N) is 4. The molecular formula is C21H20N6O2S. The zero-order chi connectivity index (χ0) is 20.7. The number of anilines is 4. The van der Waals surface area contributed by atoms with Crippen molar-refractivity contribution in [2.75, 3.05) is 28.0 Å². The van der Waals surface area contributed by atoms with E-state index in [1.165, 1.54) is 22.1 Å². The standard InChI is InChI=1S/C21H20N6O2S/c1-2-11-27-20-16(6-4-10-23-20)19-18(30(27,28)29)13-24-21(26-19)25-15-8-7-14-5-3-9-22-17(14)12-15/h2,4,6-8,10,12-13,22H,1,3,5,9,11H2,(H,24,25,26). The second-order valence-electron chi connectivity index (χ2n) is 7.13. The third-order valence-electron chi connectivity index (χ3n) is 5.20. The first kappa shape index (κ1) is 18.6. The number of nitrogens with one attached hydrogen (secondary N) is 2. The lowest BCUT2D eigenvalue weighted by molar-refractivity contribution is 0.590.